The van der Waals surface area contributed by atoms with E-state index >= 15 is 0 Å². The molecule has 0 bridgehead atoms. The molecule has 212 valence electrons. The predicted octanol–water partition coefficient (Wildman–Crippen LogP) is 11.9. The minimum absolute atomic E-state index is 0.0294. The first kappa shape index (κ1) is 25.3. The van der Waals surface area contributed by atoms with Gasteiger partial charge in [-0.1, -0.05) is 158 Å². The molecule has 10 rings (SSSR count). The van der Waals surface area contributed by atoms with Crippen LogP contribution < -0.4 is 0 Å². The SMILES string of the molecule is O=C(c1ccccc1)c1cccc(-c2cccc3c2-c2cccc4cccc-3c24)c1-c1cccc2c1-c1cccc3cccc-2c13. The Morgan fingerprint density at radius 1 is 0.304 bits per heavy atom. The molecule has 0 saturated carbocycles. The van der Waals surface area contributed by atoms with Crippen molar-refractivity contribution in [3.05, 3.63) is 169 Å². The molecule has 8 aromatic carbocycles. The first-order chi connectivity index (χ1) is 22.8. The van der Waals surface area contributed by atoms with Crippen LogP contribution in [-0.2, 0) is 0 Å². The molecule has 0 spiro atoms. The summed E-state index contributed by atoms with van der Waals surface area (Å²) in [5.41, 5.74) is 15.6. The van der Waals surface area contributed by atoms with E-state index in [0.29, 0.717) is 11.1 Å². The van der Waals surface area contributed by atoms with E-state index in [1.54, 1.807) is 0 Å². The Labute approximate surface area is 267 Å². The summed E-state index contributed by atoms with van der Waals surface area (Å²) in [6, 6.07) is 55.5. The average Bonchev–Trinajstić information content (AvgIpc) is 3.64. The van der Waals surface area contributed by atoms with Crippen molar-refractivity contribution in [2.75, 3.05) is 0 Å². The normalized spacial score (nSPS) is 12.0. The van der Waals surface area contributed by atoms with Crippen LogP contribution in [0.1, 0.15) is 15.9 Å². The van der Waals surface area contributed by atoms with Crippen LogP contribution in [0.5, 0.6) is 0 Å². The number of fused-ring (bicyclic) bond motifs is 6. The summed E-state index contributed by atoms with van der Waals surface area (Å²) in [5, 5.41) is 5.06. The molecule has 0 heterocycles. The van der Waals surface area contributed by atoms with E-state index in [9.17, 15) is 4.79 Å². The zero-order valence-corrected chi connectivity index (χ0v) is 24.9. The highest BCUT2D eigenvalue weighted by Crippen LogP contribution is 2.55. The lowest BCUT2D eigenvalue weighted by atomic mass is 9.82. The van der Waals surface area contributed by atoms with Crippen molar-refractivity contribution in [1.29, 1.82) is 0 Å². The van der Waals surface area contributed by atoms with Gasteiger partial charge in [0.1, 0.15) is 0 Å². The number of hydrogen-bond donors (Lipinski definition) is 0. The molecule has 0 radical (unpaired) electrons. The maximum absolute atomic E-state index is 14.5. The molecule has 46 heavy (non-hydrogen) atoms. The van der Waals surface area contributed by atoms with Gasteiger partial charge in [-0.3, -0.25) is 4.79 Å². The maximum Gasteiger partial charge on any atom is 0.193 e. The number of hydrogen-bond acceptors (Lipinski definition) is 1. The predicted molar refractivity (Wildman–Crippen MR) is 191 cm³/mol. The summed E-state index contributed by atoms with van der Waals surface area (Å²) in [5.74, 6) is 0.0294. The van der Waals surface area contributed by atoms with E-state index in [4.69, 9.17) is 0 Å². The van der Waals surface area contributed by atoms with Gasteiger partial charge in [0.05, 0.1) is 0 Å². The summed E-state index contributed by atoms with van der Waals surface area (Å²) < 4.78 is 0. The zero-order valence-electron chi connectivity index (χ0n) is 24.9. The first-order valence-electron chi connectivity index (χ1n) is 15.8. The van der Waals surface area contributed by atoms with Crippen molar-refractivity contribution >= 4 is 27.3 Å². The van der Waals surface area contributed by atoms with E-state index in [0.717, 1.165) is 22.3 Å². The number of carbonyl (C=O) groups excluding carboxylic acids is 1. The summed E-state index contributed by atoms with van der Waals surface area (Å²) in [6.45, 7) is 0. The zero-order chi connectivity index (χ0) is 30.4. The van der Waals surface area contributed by atoms with Gasteiger partial charge in [-0.25, -0.2) is 0 Å². The summed E-state index contributed by atoms with van der Waals surface area (Å²) in [6.07, 6.45) is 0. The second-order valence-electron chi connectivity index (χ2n) is 12.3. The summed E-state index contributed by atoms with van der Waals surface area (Å²) in [7, 11) is 0. The number of rotatable bonds is 4. The van der Waals surface area contributed by atoms with Gasteiger partial charge in [0, 0.05) is 16.7 Å². The fourth-order valence-corrected chi connectivity index (χ4v) is 8.12. The van der Waals surface area contributed by atoms with Gasteiger partial charge in [-0.2, -0.15) is 0 Å². The van der Waals surface area contributed by atoms with Gasteiger partial charge in [0.2, 0.25) is 0 Å². The van der Waals surface area contributed by atoms with Crippen LogP contribution in [0.3, 0.4) is 0 Å². The Morgan fingerprint density at radius 2 is 0.696 bits per heavy atom. The van der Waals surface area contributed by atoms with Crippen molar-refractivity contribution in [1.82, 2.24) is 0 Å². The van der Waals surface area contributed by atoms with E-state index in [-0.39, 0.29) is 5.78 Å². The second kappa shape index (κ2) is 9.47. The van der Waals surface area contributed by atoms with Crippen LogP contribution in [0.2, 0.25) is 0 Å². The van der Waals surface area contributed by atoms with Gasteiger partial charge in [0.25, 0.3) is 0 Å². The van der Waals surface area contributed by atoms with Gasteiger partial charge in [-0.15, -0.1) is 0 Å². The van der Waals surface area contributed by atoms with Gasteiger partial charge in [-0.05, 0) is 82.7 Å². The highest BCUT2D eigenvalue weighted by atomic mass is 16.1. The fourth-order valence-electron chi connectivity index (χ4n) is 8.12. The van der Waals surface area contributed by atoms with E-state index in [1.165, 1.54) is 66.1 Å². The molecule has 0 unspecified atom stereocenters. The second-order valence-corrected chi connectivity index (χ2v) is 12.3. The molecule has 1 heteroatoms. The van der Waals surface area contributed by atoms with E-state index in [1.807, 2.05) is 36.4 Å². The maximum atomic E-state index is 14.5. The first-order valence-corrected chi connectivity index (χ1v) is 15.8. The van der Waals surface area contributed by atoms with Crippen LogP contribution in [-0.4, -0.2) is 5.78 Å². The molecule has 0 amide bonds. The van der Waals surface area contributed by atoms with E-state index in [2.05, 4.69) is 121 Å². The minimum Gasteiger partial charge on any atom is -0.289 e. The quantitative estimate of drug-likeness (QED) is 0.189. The smallest absolute Gasteiger partial charge is 0.193 e. The third-order valence-electron chi connectivity index (χ3n) is 9.96. The Morgan fingerprint density at radius 3 is 1.26 bits per heavy atom. The lowest BCUT2D eigenvalue weighted by molar-refractivity contribution is 0.103. The highest BCUT2D eigenvalue weighted by Gasteiger charge is 2.30. The Hall–Kier alpha value is -6.05. The highest BCUT2D eigenvalue weighted by molar-refractivity contribution is 6.23. The monoisotopic (exact) mass is 582 g/mol. The standard InChI is InChI=1S/C45H26O/c46-45(29-11-2-1-3-12-29)39-26-10-22-35(34-20-8-19-32-30-17-4-13-27-15-6-23-36(40(27)30)42(32)34)44(39)38-25-9-21-33-31-18-5-14-28-16-7-24-37(41(28)31)43(33)38/h1-26H. The fraction of sp³-hybridized carbons (Fsp3) is 0. The van der Waals surface area contributed by atoms with Crippen molar-refractivity contribution in [3.8, 4) is 66.8 Å². The molecule has 0 fully saturated rings. The molecule has 0 saturated heterocycles. The molecule has 8 aromatic rings. The van der Waals surface area contributed by atoms with Crippen LogP contribution in [0.25, 0.3) is 88.3 Å². The van der Waals surface area contributed by atoms with Crippen molar-refractivity contribution < 1.29 is 4.79 Å². The van der Waals surface area contributed by atoms with E-state index < -0.39 is 0 Å². The van der Waals surface area contributed by atoms with Crippen LogP contribution in [0, 0.1) is 0 Å². The molecule has 0 atom stereocenters. The van der Waals surface area contributed by atoms with Crippen molar-refractivity contribution in [3.63, 3.8) is 0 Å². The molecular formula is C45H26O. The van der Waals surface area contributed by atoms with Crippen molar-refractivity contribution in [2.45, 2.75) is 0 Å². The Bertz CT molecular complexity index is 2580. The van der Waals surface area contributed by atoms with Crippen LogP contribution in [0.4, 0.5) is 0 Å². The Balaban J connectivity index is 1.32. The number of benzene rings is 8. The number of ketones is 1. The lowest BCUT2D eigenvalue weighted by Crippen LogP contribution is -2.05. The Kier molecular flexibility index (Phi) is 5.21. The van der Waals surface area contributed by atoms with Crippen molar-refractivity contribution in [2.24, 2.45) is 0 Å². The molecule has 2 aliphatic rings. The molecule has 0 N–H and O–H groups in total. The number of carbonyl (C=O) groups is 1. The third-order valence-corrected chi connectivity index (χ3v) is 9.96. The lowest BCUT2D eigenvalue weighted by Gasteiger charge is -2.20. The topological polar surface area (TPSA) is 17.1 Å². The summed E-state index contributed by atoms with van der Waals surface area (Å²) in [4.78, 5) is 14.5. The molecule has 0 aliphatic heterocycles. The van der Waals surface area contributed by atoms with Crippen LogP contribution in [0.15, 0.2) is 158 Å². The van der Waals surface area contributed by atoms with Gasteiger partial charge < -0.3 is 0 Å². The molecule has 1 nitrogen and oxygen atoms in total. The van der Waals surface area contributed by atoms with Gasteiger partial charge in [0.15, 0.2) is 5.78 Å². The molecular weight excluding hydrogens is 556 g/mol. The average molecular weight is 583 g/mol. The molecule has 0 aromatic heterocycles. The molecule has 2 aliphatic carbocycles. The largest absolute Gasteiger partial charge is 0.289 e. The third kappa shape index (κ3) is 3.37. The minimum atomic E-state index is 0.0294. The summed E-state index contributed by atoms with van der Waals surface area (Å²) >= 11 is 0. The van der Waals surface area contributed by atoms with Gasteiger partial charge >= 0.3 is 0 Å². The van der Waals surface area contributed by atoms with Crippen LogP contribution >= 0.6 is 0 Å².